The molecule has 0 saturated heterocycles. The highest BCUT2D eigenvalue weighted by Gasteiger charge is 2.52. The minimum absolute atomic E-state index is 0.169. The van der Waals surface area contributed by atoms with Crippen LogP contribution in [-0.4, -0.2) is 32.6 Å². The average molecular weight is 355 g/mol. The van der Waals surface area contributed by atoms with Gasteiger partial charge in [-0.1, -0.05) is 6.07 Å². The second-order valence-corrected chi connectivity index (χ2v) is 6.88. The van der Waals surface area contributed by atoms with E-state index in [-0.39, 0.29) is 17.3 Å². The smallest absolute Gasteiger partial charge is 0.415 e. The van der Waals surface area contributed by atoms with Gasteiger partial charge in [0.1, 0.15) is 0 Å². The third-order valence-corrected chi connectivity index (χ3v) is 5.49. The van der Waals surface area contributed by atoms with Gasteiger partial charge < -0.3 is 10.4 Å². The Bertz CT molecular complexity index is 935. The average Bonchev–Trinajstić information content (AvgIpc) is 3.20. The number of carbonyl (C=O) groups is 2. The topological polar surface area (TPSA) is 114 Å². The number of carboxylic acid groups (broad SMARTS) is 1. The molecule has 1 aliphatic heterocycles. The minimum Gasteiger partial charge on any atom is -0.464 e. The predicted molar refractivity (Wildman–Crippen MR) is 92.8 cm³/mol. The molecular formula is C18H17N3O5. The van der Waals surface area contributed by atoms with Crippen molar-refractivity contribution in [3.05, 3.63) is 52.2 Å². The Morgan fingerprint density at radius 3 is 2.92 bits per heavy atom. The number of aromatic nitrogens is 1. The van der Waals surface area contributed by atoms with Gasteiger partial charge in [0.05, 0.1) is 11.1 Å². The van der Waals surface area contributed by atoms with Crippen LogP contribution in [0.1, 0.15) is 31.2 Å². The summed E-state index contributed by atoms with van der Waals surface area (Å²) in [6, 6.07) is 7.87. The quantitative estimate of drug-likeness (QED) is 0.634. The van der Waals surface area contributed by atoms with Crippen molar-refractivity contribution in [2.24, 2.45) is 0 Å². The van der Waals surface area contributed by atoms with Gasteiger partial charge in [-0.2, -0.15) is 0 Å². The second-order valence-electron chi connectivity index (χ2n) is 6.88. The van der Waals surface area contributed by atoms with Crippen LogP contribution < -0.4 is 5.32 Å². The lowest BCUT2D eigenvalue weighted by atomic mass is 9.68. The maximum Gasteiger partial charge on any atom is 0.415 e. The van der Waals surface area contributed by atoms with E-state index in [0.29, 0.717) is 36.2 Å². The normalized spacial score (nSPS) is 24.3. The number of nitro groups is 1. The zero-order chi connectivity index (χ0) is 18.5. The number of nitrogens with one attached hydrogen (secondary N) is 1. The van der Waals surface area contributed by atoms with Crippen molar-refractivity contribution in [1.82, 2.24) is 4.57 Å². The maximum absolute atomic E-state index is 12.7. The molecular weight excluding hydrogens is 338 g/mol. The van der Waals surface area contributed by atoms with Crippen LogP contribution in [0.3, 0.4) is 0 Å². The van der Waals surface area contributed by atoms with Gasteiger partial charge in [0, 0.05) is 29.6 Å². The van der Waals surface area contributed by atoms with E-state index < -0.39 is 17.6 Å². The van der Waals surface area contributed by atoms with Gasteiger partial charge in [0.15, 0.2) is 0 Å². The Morgan fingerprint density at radius 1 is 1.38 bits per heavy atom. The van der Waals surface area contributed by atoms with Gasteiger partial charge in [-0.15, -0.1) is 0 Å². The van der Waals surface area contributed by atoms with Crippen LogP contribution in [-0.2, 0) is 10.2 Å². The second kappa shape index (κ2) is 5.69. The number of anilines is 1. The summed E-state index contributed by atoms with van der Waals surface area (Å²) in [7, 11) is 0. The summed E-state index contributed by atoms with van der Waals surface area (Å²) in [6.07, 6.45) is 2.16. The van der Waals surface area contributed by atoms with Crippen LogP contribution in [0.15, 0.2) is 36.5 Å². The van der Waals surface area contributed by atoms with Gasteiger partial charge in [-0.05, 0) is 48.2 Å². The highest BCUT2D eigenvalue weighted by molar-refractivity contribution is 6.06. The summed E-state index contributed by atoms with van der Waals surface area (Å²) in [5.41, 5.74) is 1.62. The molecule has 1 aromatic carbocycles. The Balaban J connectivity index is 1.81. The summed E-state index contributed by atoms with van der Waals surface area (Å²) in [6.45, 7) is 0. The van der Waals surface area contributed by atoms with Gasteiger partial charge in [-0.25, -0.2) is 4.79 Å². The molecule has 0 radical (unpaired) electrons. The van der Waals surface area contributed by atoms with Crippen LogP contribution in [0, 0.1) is 10.1 Å². The molecule has 2 heterocycles. The molecule has 26 heavy (non-hydrogen) atoms. The van der Waals surface area contributed by atoms with Crippen LogP contribution in [0.2, 0.25) is 0 Å². The number of amides is 1. The first-order chi connectivity index (χ1) is 12.4. The largest absolute Gasteiger partial charge is 0.464 e. The summed E-state index contributed by atoms with van der Waals surface area (Å²) in [5, 5.41) is 23.4. The lowest BCUT2D eigenvalue weighted by Gasteiger charge is -2.33. The minimum atomic E-state index is -1.10. The molecule has 1 aromatic heterocycles. The monoisotopic (exact) mass is 355 g/mol. The van der Waals surface area contributed by atoms with Gasteiger partial charge in [0.2, 0.25) is 11.9 Å². The fourth-order valence-corrected chi connectivity index (χ4v) is 4.23. The third-order valence-electron chi connectivity index (χ3n) is 5.49. The van der Waals surface area contributed by atoms with E-state index in [1.54, 1.807) is 30.3 Å². The van der Waals surface area contributed by atoms with Crippen LogP contribution >= 0.6 is 0 Å². The molecule has 1 saturated carbocycles. The molecule has 1 fully saturated rings. The number of carbonyl (C=O) groups excluding carboxylic acids is 1. The molecule has 2 aromatic rings. The summed E-state index contributed by atoms with van der Waals surface area (Å²) in [4.78, 5) is 35.1. The first kappa shape index (κ1) is 16.3. The number of hydrogen-bond donors (Lipinski definition) is 2. The highest BCUT2D eigenvalue weighted by Crippen LogP contribution is 2.49. The summed E-state index contributed by atoms with van der Waals surface area (Å²) < 4.78 is 1.11. The molecule has 0 bridgehead atoms. The molecule has 134 valence electrons. The summed E-state index contributed by atoms with van der Waals surface area (Å²) in [5.74, 6) is -0.204. The van der Waals surface area contributed by atoms with E-state index >= 15 is 0 Å². The fourth-order valence-electron chi connectivity index (χ4n) is 4.23. The Morgan fingerprint density at radius 2 is 2.19 bits per heavy atom. The first-order valence-electron chi connectivity index (χ1n) is 8.43. The van der Waals surface area contributed by atoms with E-state index in [2.05, 4.69) is 5.32 Å². The lowest BCUT2D eigenvalue weighted by molar-refractivity contribution is -0.527. The standard InChI is InChI=1S/C18H17N3O5/c22-16-18(7-1-3-12(10-18)21(25)26)13-9-11(5-6-14(13)19-16)15-4-2-8-20(15)17(23)24/h2,4-6,8-9,12H,1,3,7,10H2,(H,19,22)(H,23,24). The zero-order valence-corrected chi connectivity index (χ0v) is 13.8. The van der Waals surface area contributed by atoms with E-state index in [9.17, 15) is 24.8 Å². The van der Waals surface area contributed by atoms with E-state index in [0.717, 1.165) is 10.1 Å². The Hall–Kier alpha value is -3.16. The Labute approximate surface area is 148 Å². The lowest BCUT2D eigenvalue weighted by Crippen LogP contribution is -2.43. The van der Waals surface area contributed by atoms with E-state index in [1.165, 1.54) is 6.20 Å². The number of fused-ring (bicyclic) bond motifs is 2. The van der Waals surface area contributed by atoms with Gasteiger partial charge >= 0.3 is 6.09 Å². The molecule has 1 aliphatic carbocycles. The molecule has 2 N–H and O–H groups in total. The van der Waals surface area contributed by atoms with Crippen LogP contribution in [0.25, 0.3) is 11.3 Å². The van der Waals surface area contributed by atoms with Crippen molar-refractivity contribution in [1.29, 1.82) is 0 Å². The fraction of sp³-hybridized carbons (Fsp3) is 0.333. The summed E-state index contributed by atoms with van der Waals surface area (Å²) >= 11 is 0. The van der Waals surface area contributed by atoms with Crippen molar-refractivity contribution < 1.29 is 19.6 Å². The SMILES string of the molecule is O=C(O)n1cccc1-c1ccc2c(c1)C1(CCCC([N+](=O)[O-])C1)C(=O)N2. The van der Waals surface area contributed by atoms with Crippen LogP contribution in [0.5, 0.6) is 0 Å². The number of hydrogen-bond acceptors (Lipinski definition) is 4. The zero-order valence-electron chi connectivity index (χ0n) is 13.8. The molecule has 4 rings (SSSR count). The molecule has 1 amide bonds. The van der Waals surface area contributed by atoms with Crippen molar-refractivity contribution in [2.45, 2.75) is 37.1 Å². The first-order valence-corrected chi connectivity index (χ1v) is 8.43. The number of rotatable bonds is 2. The molecule has 8 heteroatoms. The van der Waals surface area contributed by atoms with E-state index in [4.69, 9.17) is 0 Å². The van der Waals surface area contributed by atoms with Crippen molar-refractivity contribution in [3.8, 4) is 11.3 Å². The maximum atomic E-state index is 12.7. The molecule has 2 atom stereocenters. The van der Waals surface area contributed by atoms with E-state index in [1.807, 2.05) is 0 Å². The number of nitrogens with zero attached hydrogens (tertiary/aromatic N) is 2. The Kier molecular flexibility index (Phi) is 3.57. The highest BCUT2D eigenvalue weighted by atomic mass is 16.6. The van der Waals surface area contributed by atoms with Crippen molar-refractivity contribution in [2.75, 3.05) is 5.32 Å². The predicted octanol–water partition coefficient (Wildman–Crippen LogP) is 3.09. The molecule has 2 aliphatic rings. The molecule has 1 spiro atoms. The van der Waals surface area contributed by atoms with Crippen LogP contribution in [0.4, 0.5) is 10.5 Å². The van der Waals surface area contributed by atoms with Crippen molar-refractivity contribution >= 4 is 17.7 Å². The molecule has 2 unspecified atom stereocenters. The van der Waals surface area contributed by atoms with Crippen molar-refractivity contribution in [3.63, 3.8) is 0 Å². The number of benzene rings is 1. The molecule has 8 nitrogen and oxygen atoms in total. The third kappa shape index (κ3) is 2.29. The van der Waals surface area contributed by atoms with Gasteiger partial charge in [-0.3, -0.25) is 19.5 Å². The van der Waals surface area contributed by atoms with Gasteiger partial charge in [0.25, 0.3) is 0 Å².